The fourth-order valence-electron chi connectivity index (χ4n) is 5.89. The highest BCUT2D eigenvalue weighted by atomic mass is 35.5. The Hall–Kier alpha value is -4.49. The second-order valence-corrected chi connectivity index (χ2v) is 14.7. The van der Waals surface area contributed by atoms with Gasteiger partial charge in [0, 0.05) is 23.5 Å². The second kappa shape index (κ2) is 13.4. The quantitative estimate of drug-likeness (QED) is 0.164. The van der Waals surface area contributed by atoms with Crippen molar-refractivity contribution in [3.8, 4) is 0 Å². The van der Waals surface area contributed by atoms with Crippen molar-refractivity contribution in [3.63, 3.8) is 0 Å². The van der Waals surface area contributed by atoms with Crippen LogP contribution >= 0.6 is 34.3 Å². The summed E-state index contributed by atoms with van der Waals surface area (Å²) < 4.78 is 4.58. The lowest BCUT2D eigenvalue weighted by Crippen LogP contribution is -2.08. The third kappa shape index (κ3) is 6.73. The molecular weight excluding hydrogens is 672 g/mol. The van der Waals surface area contributed by atoms with Crippen LogP contribution in [-0.4, -0.2) is 39.0 Å². The maximum absolute atomic E-state index is 5.85. The van der Waals surface area contributed by atoms with E-state index in [1.807, 2.05) is 36.4 Å². The molecule has 2 aromatic carbocycles. The lowest BCUT2D eigenvalue weighted by Gasteiger charge is -2.15. The van der Waals surface area contributed by atoms with Gasteiger partial charge in [-0.2, -0.15) is 0 Å². The van der Waals surface area contributed by atoms with Gasteiger partial charge in [0.2, 0.25) is 0 Å². The normalized spacial score (nSPS) is 15.5. The largest absolute Gasteiger partial charge is 0.363 e. The molecule has 2 saturated carbocycles. The predicted octanol–water partition coefficient (Wildman–Crippen LogP) is 9.28. The lowest BCUT2D eigenvalue weighted by atomic mass is 10.1. The highest BCUT2D eigenvalue weighted by Crippen LogP contribution is 2.38. The molecule has 0 bridgehead atoms. The summed E-state index contributed by atoms with van der Waals surface area (Å²) in [6.45, 7) is 4.15. The van der Waals surface area contributed by atoms with E-state index in [-0.39, 0.29) is 12.1 Å². The van der Waals surface area contributed by atoms with Crippen molar-refractivity contribution in [2.75, 3.05) is 5.32 Å². The fourth-order valence-corrected chi connectivity index (χ4v) is 7.61. The molecule has 2 aliphatic rings. The van der Waals surface area contributed by atoms with Crippen LogP contribution in [0, 0.1) is 0 Å². The first-order chi connectivity index (χ1) is 23.9. The monoisotopic (exact) mass is 706 g/mol. The number of hydrogen-bond acceptors (Lipinski definition) is 10. The van der Waals surface area contributed by atoms with Crippen molar-refractivity contribution < 1.29 is 0 Å². The molecule has 2 aliphatic carbocycles. The van der Waals surface area contributed by atoms with Gasteiger partial charge in [0.25, 0.3) is 0 Å². The second-order valence-electron chi connectivity index (χ2n) is 12.6. The molecule has 2 fully saturated rings. The average molecular weight is 707 g/mol. The highest BCUT2D eigenvalue weighted by molar-refractivity contribution is 7.17. The van der Waals surface area contributed by atoms with Crippen molar-refractivity contribution in [2.45, 2.75) is 63.7 Å². The smallest absolute Gasteiger partial charge is 0.141 e. The molecule has 248 valence electrons. The number of anilines is 1. The Morgan fingerprint density at radius 2 is 1.27 bits per heavy atom. The van der Waals surface area contributed by atoms with Crippen molar-refractivity contribution in [2.24, 2.45) is 5.73 Å². The summed E-state index contributed by atoms with van der Waals surface area (Å²) in [7, 11) is 0. The molecule has 8 aromatic rings. The van der Waals surface area contributed by atoms with E-state index in [1.165, 1.54) is 48.6 Å². The van der Waals surface area contributed by atoms with Gasteiger partial charge in [0.05, 0.1) is 46.1 Å². The Morgan fingerprint density at radius 1 is 0.714 bits per heavy atom. The third-order valence-corrected chi connectivity index (χ3v) is 10.9. The Kier molecular flexibility index (Phi) is 8.71. The Balaban J connectivity index is 0.000000118. The van der Waals surface area contributed by atoms with Gasteiger partial charge < -0.3 is 20.2 Å². The first-order valence-electron chi connectivity index (χ1n) is 16.4. The van der Waals surface area contributed by atoms with E-state index in [4.69, 9.17) is 17.3 Å². The molecule has 0 spiro atoms. The Labute approximate surface area is 296 Å². The van der Waals surface area contributed by atoms with Crippen molar-refractivity contribution in [3.05, 3.63) is 101 Å². The molecule has 0 aliphatic heterocycles. The number of hydrogen-bond donors (Lipinski definition) is 2. The fraction of sp³-hybridized carbons (Fsp3) is 0.278. The zero-order valence-corrected chi connectivity index (χ0v) is 29.5. The zero-order chi connectivity index (χ0) is 33.5. The van der Waals surface area contributed by atoms with E-state index in [0.717, 1.165) is 42.8 Å². The van der Waals surface area contributed by atoms with E-state index >= 15 is 0 Å². The number of nitrogens with one attached hydrogen (secondary N) is 1. The van der Waals surface area contributed by atoms with Crippen molar-refractivity contribution >= 4 is 82.6 Å². The molecule has 6 heterocycles. The minimum absolute atomic E-state index is 0.0838. The number of aromatic nitrogens is 8. The van der Waals surface area contributed by atoms with E-state index in [2.05, 4.69) is 93.7 Å². The van der Waals surface area contributed by atoms with Crippen LogP contribution in [0.1, 0.15) is 74.8 Å². The summed E-state index contributed by atoms with van der Waals surface area (Å²) in [5.41, 5.74) is 12.8. The Morgan fingerprint density at radius 3 is 1.86 bits per heavy atom. The van der Waals surface area contributed by atoms with Crippen LogP contribution in [-0.2, 0) is 0 Å². The van der Waals surface area contributed by atoms with Gasteiger partial charge >= 0.3 is 0 Å². The highest BCUT2D eigenvalue weighted by Gasteiger charge is 2.26. The van der Waals surface area contributed by atoms with E-state index in [9.17, 15) is 0 Å². The first-order valence-corrected chi connectivity index (χ1v) is 18.5. The molecule has 6 aromatic heterocycles. The molecule has 10 rings (SSSR count). The molecular formula is C36H35ClN10S2. The van der Waals surface area contributed by atoms with E-state index in [1.54, 1.807) is 29.0 Å². The van der Waals surface area contributed by atoms with Crippen LogP contribution in [0.4, 0.5) is 5.82 Å². The molecule has 49 heavy (non-hydrogen) atoms. The van der Waals surface area contributed by atoms with Crippen LogP contribution in [0.3, 0.4) is 0 Å². The topological polar surface area (TPSA) is 125 Å². The van der Waals surface area contributed by atoms with Crippen LogP contribution in [0.15, 0.2) is 84.6 Å². The molecule has 3 N–H and O–H groups in total. The number of thiophene rings is 2. The maximum Gasteiger partial charge on any atom is 0.141 e. The maximum atomic E-state index is 5.85. The number of nitrogens with two attached hydrogens (primary N) is 1. The standard InChI is InChI=1S/C18H17N5S.C12H15N3.C6H3ClN2S/c1-11(22-17-14-6-7-24-18(14)20-9-19-17)12-2-5-16-15(8-12)21-10-23(16)13-3-4-13;1-8(13)9-2-5-12-11(6-9)14-7-15(12)10-3-4-10;7-5-4-1-2-10-6(4)9-3-8-5/h2,5-11,13H,3-4H2,1H3,(H,19,20,22);2,5-8,10H,3-4,13H2,1H3;1-3H. The molecule has 0 saturated heterocycles. The SMILES string of the molecule is CC(N)c1ccc2c(c1)ncn2C1CC1.CC(Nc1ncnc2sccc12)c1ccc2c(c1)ncn2C1CC1.Clc1ncnc2sccc12. The number of fused-ring (bicyclic) bond motifs is 4. The van der Waals surface area contributed by atoms with E-state index in [0.29, 0.717) is 17.2 Å². The molecule has 10 nitrogen and oxygen atoms in total. The predicted molar refractivity (Wildman–Crippen MR) is 200 cm³/mol. The minimum Gasteiger partial charge on any atom is -0.363 e. The lowest BCUT2D eigenvalue weighted by molar-refractivity contribution is 0.765. The van der Waals surface area contributed by atoms with Gasteiger partial charge in [-0.05, 0) is 97.8 Å². The number of halogens is 1. The summed E-state index contributed by atoms with van der Waals surface area (Å²) in [4.78, 5) is 27.5. The Bertz CT molecular complexity index is 2380. The minimum atomic E-state index is 0.0838. The molecule has 0 radical (unpaired) electrons. The van der Waals surface area contributed by atoms with Gasteiger partial charge in [-0.25, -0.2) is 29.9 Å². The van der Waals surface area contributed by atoms with Gasteiger partial charge in [-0.1, -0.05) is 23.7 Å². The van der Waals surface area contributed by atoms with Crippen LogP contribution < -0.4 is 11.1 Å². The molecule has 13 heteroatoms. The molecule has 2 unspecified atom stereocenters. The van der Waals surface area contributed by atoms with Gasteiger partial charge in [0.15, 0.2) is 0 Å². The van der Waals surface area contributed by atoms with Crippen molar-refractivity contribution in [1.29, 1.82) is 0 Å². The van der Waals surface area contributed by atoms with Gasteiger partial charge in [0.1, 0.15) is 33.3 Å². The van der Waals surface area contributed by atoms with Gasteiger partial charge in [-0.15, -0.1) is 22.7 Å². The first kappa shape index (κ1) is 31.8. The number of benzene rings is 2. The number of rotatable bonds is 6. The average Bonchev–Trinajstić information content (AvgIpc) is 3.89. The zero-order valence-electron chi connectivity index (χ0n) is 27.1. The number of nitrogens with zero attached hydrogens (tertiary/aromatic N) is 8. The molecule has 0 amide bonds. The van der Waals surface area contributed by atoms with E-state index < -0.39 is 0 Å². The summed E-state index contributed by atoms with van der Waals surface area (Å²) in [5, 5.41) is 10.1. The van der Waals surface area contributed by atoms with Crippen LogP contribution in [0.2, 0.25) is 5.15 Å². The van der Waals surface area contributed by atoms with Crippen molar-refractivity contribution in [1.82, 2.24) is 39.0 Å². The summed E-state index contributed by atoms with van der Waals surface area (Å²) in [6, 6.07) is 18.5. The van der Waals surface area contributed by atoms with Gasteiger partial charge in [-0.3, -0.25) is 0 Å². The summed E-state index contributed by atoms with van der Waals surface area (Å²) in [6.07, 6.45) is 12.2. The van der Waals surface area contributed by atoms with Crippen LogP contribution in [0.25, 0.3) is 42.5 Å². The van der Waals surface area contributed by atoms with Crippen LogP contribution in [0.5, 0.6) is 0 Å². The summed E-state index contributed by atoms with van der Waals surface area (Å²) in [5.74, 6) is 0.886. The molecule has 2 atom stereocenters. The third-order valence-electron chi connectivity index (χ3n) is 8.93. The summed E-state index contributed by atoms with van der Waals surface area (Å²) >= 11 is 8.95. The number of imidazole rings is 2.